The number of nitrogens with zero attached hydrogens (tertiary/aromatic N) is 3. The maximum absolute atomic E-state index is 9.83. The Bertz CT molecular complexity index is 708. The molecule has 0 radical (unpaired) electrons. The molecule has 0 aliphatic rings. The number of hydrogen-bond donors (Lipinski definition) is 2. The lowest BCUT2D eigenvalue weighted by Crippen LogP contribution is -1.98. The van der Waals surface area contributed by atoms with Crippen LogP contribution in [-0.2, 0) is 6.42 Å². The van der Waals surface area contributed by atoms with Crippen LogP contribution in [0.1, 0.15) is 18.3 Å². The van der Waals surface area contributed by atoms with E-state index in [0.717, 1.165) is 0 Å². The van der Waals surface area contributed by atoms with Crippen LogP contribution in [0.3, 0.4) is 0 Å². The summed E-state index contributed by atoms with van der Waals surface area (Å²) in [5.74, 6) is 0.894. The number of halogens is 1. The van der Waals surface area contributed by atoms with E-state index in [2.05, 4.69) is 15.3 Å². The summed E-state index contributed by atoms with van der Waals surface area (Å²) in [5.41, 5.74) is 0.551. The van der Waals surface area contributed by atoms with Gasteiger partial charge in [-0.15, -0.1) is 0 Å². The molecular formula is C12H13ClN4O2S. The summed E-state index contributed by atoms with van der Waals surface area (Å²) in [5, 5.41) is 20.9. The fraction of sp³-hybridized carbons (Fsp3) is 0.250. The number of aryl methyl sites for hydroxylation is 1. The Morgan fingerprint density at radius 1 is 1.60 bits per heavy atom. The van der Waals surface area contributed by atoms with Crippen molar-refractivity contribution in [3.8, 4) is 11.5 Å². The largest absolute Gasteiger partial charge is 0.503 e. The van der Waals surface area contributed by atoms with Gasteiger partial charge in [0.1, 0.15) is 0 Å². The van der Waals surface area contributed by atoms with Crippen molar-refractivity contribution >= 4 is 30.0 Å². The van der Waals surface area contributed by atoms with Gasteiger partial charge >= 0.3 is 0 Å². The average Bonchev–Trinajstić information content (AvgIpc) is 2.81. The van der Waals surface area contributed by atoms with E-state index in [4.69, 9.17) is 28.6 Å². The molecule has 0 atom stereocenters. The number of H-pyrrole nitrogens is 1. The maximum atomic E-state index is 9.83. The average molecular weight is 313 g/mol. The van der Waals surface area contributed by atoms with Crippen LogP contribution in [0.4, 0.5) is 0 Å². The Hall–Kier alpha value is -1.86. The Kier molecular flexibility index (Phi) is 4.41. The minimum absolute atomic E-state index is 0.121. The number of nitrogens with one attached hydrogen (secondary N) is 1. The number of aromatic hydroxyl groups is 1. The van der Waals surface area contributed by atoms with Crippen molar-refractivity contribution < 1.29 is 9.84 Å². The number of benzene rings is 1. The van der Waals surface area contributed by atoms with Gasteiger partial charge in [0, 0.05) is 12.0 Å². The third-order valence-corrected chi connectivity index (χ3v) is 3.34. The standard InChI is InChI=1S/C12H13ClN4O2S/c1-3-9-15-16-12(20)17(9)14-6-7-4-5-8(19-2)11(18)10(7)13/h4-6,18H,3H2,1-2H3,(H,16,20)/b14-6-. The Labute approximate surface area is 125 Å². The molecule has 20 heavy (non-hydrogen) atoms. The van der Waals surface area contributed by atoms with E-state index >= 15 is 0 Å². The van der Waals surface area contributed by atoms with Crippen LogP contribution < -0.4 is 4.74 Å². The van der Waals surface area contributed by atoms with Crippen LogP contribution in [0.25, 0.3) is 0 Å². The predicted octanol–water partition coefficient (Wildman–Crippen LogP) is 2.75. The lowest BCUT2D eigenvalue weighted by molar-refractivity contribution is 0.373. The smallest absolute Gasteiger partial charge is 0.216 e. The molecule has 0 aliphatic heterocycles. The van der Waals surface area contributed by atoms with E-state index in [1.165, 1.54) is 18.0 Å². The number of ether oxygens (including phenoxy) is 1. The van der Waals surface area contributed by atoms with E-state index < -0.39 is 0 Å². The second-order valence-electron chi connectivity index (χ2n) is 3.87. The molecule has 2 rings (SSSR count). The van der Waals surface area contributed by atoms with Crippen molar-refractivity contribution in [3.63, 3.8) is 0 Å². The molecule has 0 aliphatic carbocycles. The third kappa shape index (κ3) is 2.68. The number of phenols is 1. The summed E-state index contributed by atoms with van der Waals surface area (Å²) in [6, 6.07) is 3.30. The van der Waals surface area contributed by atoms with Crippen LogP contribution in [-0.4, -0.2) is 33.3 Å². The van der Waals surface area contributed by atoms with Crippen LogP contribution in [0.2, 0.25) is 5.02 Å². The summed E-state index contributed by atoms with van der Waals surface area (Å²) in [4.78, 5) is 0. The molecule has 6 nitrogen and oxygen atoms in total. The van der Waals surface area contributed by atoms with Gasteiger partial charge in [-0.05, 0) is 24.4 Å². The zero-order valence-electron chi connectivity index (χ0n) is 10.9. The highest BCUT2D eigenvalue weighted by atomic mass is 35.5. The van der Waals surface area contributed by atoms with Gasteiger partial charge in [-0.1, -0.05) is 18.5 Å². The van der Waals surface area contributed by atoms with Crippen molar-refractivity contribution in [1.29, 1.82) is 0 Å². The van der Waals surface area contributed by atoms with Gasteiger partial charge in [-0.3, -0.25) is 5.10 Å². The van der Waals surface area contributed by atoms with E-state index in [1.807, 2.05) is 6.92 Å². The van der Waals surface area contributed by atoms with Crippen molar-refractivity contribution in [2.45, 2.75) is 13.3 Å². The van der Waals surface area contributed by atoms with Crippen molar-refractivity contribution in [3.05, 3.63) is 33.3 Å². The molecule has 0 unspecified atom stereocenters. The molecular weight excluding hydrogens is 300 g/mol. The molecule has 8 heteroatoms. The first kappa shape index (κ1) is 14.5. The van der Waals surface area contributed by atoms with Gasteiger partial charge in [0.15, 0.2) is 17.3 Å². The van der Waals surface area contributed by atoms with Crippen LogP contribution in [0.5, 0.6) is 11.5 Å². The van der Waals surface area contributed by atoms with Crippen LogP contribution in [0.15, 0.2) is 17.2 Å². The second-order valence-corrected chi connectivity index (χ2v) is 4.64. The van der Waals surface area contributed by atoms with E-state index in [9.17, 15) is 5.11 Å². The molecule has 0 saturated carbocycles. The highest BCUT2D eigenvalue weighted by molar-refractivity contribution is 7.71. The second kappa shape index (κ2) is 6.06. The lowest BCUT2D eigenvalue weighted by atomic mass is 10.2. The first-order valence-corrected chi connectivity index (χ1v) is 6.63. The number of methoxy groups -OCH3 is 1. The Morgan fingerprint density at radius 3 is 3.00 bits per heavy atom. The summed E-state index contributed by atoms with van der Waals surface area (Å²) in [6.45, 7) is 1.95. The highest BCUT2D eigenvalue weighted by Gasteiger charge is 2.10. The minimum atomic E-state index is -0.121. The third-order valence-electron chi connectivity index (χ3n) is 2.67. The van der Waals surface area contributed by atoms with Gasteiger partial charge in [0.05, 0.1) is 18.3 Å². The molecule has 0 fully saturated rings. The van der Waals surface area contributed by atoms with Crippen LogP contribution >= 0.6 is 23.8 Å². The molecule has 106 valence electrons. The van der Waals surface area contributed by atoms with Crippen molar-refractivity contribution in [2.24, 2.45) is 5.10 Å². The summed E-state index contributed by atoms with van der Waals surface area (Å²) < 4.78 is 6.87. The number of aromatic nitrogens is 3. The maximum Gasteiger partial charge on any atom is 0.216 e. The zero-order valence-corrected chi connectivity index (χ0v) is 12.5. The van der Waals surface area contributed by atoms with Gasteiger partial charge in [-0.25, -0.2) is 0 Å². The van der Waals surface area contributed by atoms with Crippen molar-refractivity contribution in [1.82, 2.24) is 14.9 Å². The highest BCUT2D eigenvalue weighted by Crippen LogP contribution is 2.35. The molecule has 0 saturated heterocycles. The molecule has 0 amide bonds. The van der Waals surface area contributed by atoms with Gasteiger partial charge in [0.25, 0.3) is 0 Å². The fourth-order valence-electron chi connectivity index (χ4n) is 1.62. The van der Waals surface area contributed by atoms with Gasteiger partial charge < -0.3 is 9.84 Å². The number of aromatic amines is 1. The number of hydrogen-bond acceptors (Lipinski definition) is 5. The quantitative estimate of drug-likeness (QED) is 0.672. The van der Waals surface area contributed by atoms with Gasteiger partial charge in [0.2, 0.25) is 4.77 Å². The lowest BCUT2D eigenvalue weighted by Gasteiger charge is -2.06. The summed E-state index contributed by atoms with van der Waals surface area (Å²) in [7, 11) is 1.46. The predicted molar refractivity (Wildman–Crippen MR) is 79.5 cm³/mol. The van der Waals surface area contributed by atoms with Crippen LogP contribution in [0, 0.1) is 4.77 Å². The molecule has 2 N–H and O–H groups in total. The first-order chi connectivity index (χ1) is 9.58. The van der Waals surface area contributed by atoms with Crippen molar-refractivity contribution in [2.75, 3.05) is 7.11 Å². The van der Waals surface area contributed by atoms with E-state index in [1.54, 1.807) is 12.1 Å². The number of phenolic OH excluding ortho intramolecular Hbond substituents is 1. The first-order valence-electron chi connectivity index (χ1n) is 5.84. The molecule has 1 heterocycles. The molecule has 1 aromatic heterocycles. The molecule has 1 aromatic carbocycles. The molecule has 0 spiro atoms. The minimum Gasteiger partial charge on any atom is -0.503 e. The SMILES string of the molecule is CCc1n[nH]c(=S)n1/N=C\c1ccc(OC)c(O)c1Cl. The summed E-state index contributed by atoms with van der Waals surface area (Å²) in [6.07, 6.45) is 2.19. The van der Waals surface area contributed by atoms with Gasteiger partial charge in [-0.2, -0.15) is 14.9 Å². The normalized spacial score (nSPS) is 11.2. The number of rotatable bonds is 4. The fourth-order valence-corrected chi connectivity index (χ4v) is 2.02. The van der Waals surface area contributed by atoms with E-state index in [0.29, 0.717) is 28.3 Å². The zero-order chi connectivity index (χ0) is 14.7. The Balaban J connectivity index is 2.39. The molecule has 2 aromatic rings. The van der Waals surface area contributed by atoms with E-state index in [-0.39, 0.29) is 10.8 Å². The summed E-state index contributed by atoms with van der Waals surface area (Å²) >= 11 is 11.1. The Morgan fingerprint density at radius 2 is 2.35 bits per heavy atom. The molecule has 0 bridgehead atoms. The monoisotopic (exact) mass is 312 g/mol. The topological polar surface area (TPSA) is 75.4 Å².